The summed E-state index contributed by atoms with van der Waals surface area (Å²) in [5, 5.41) is 23.1. The molecule has 0 heterocycles. The van der Waals surface area contributed by atoms with Crippen molar-refractivity contribution in [1.82, 2.24) is 5.32 Å². The molecule has 0 aromatic carbocycles. The number of carbonyl (C=O) groups is 2. The first-order valence-electron chi connectivity index (χ1n) is 29.4. The standard InChI is InChI=1S/C59H115NO5/c1-3-5-7-9-11-13-15-16-17-18-20-24-27-30-33-37-41-45-49-53-59(64)65-54-50-46-42-38-34-31-28-25-22-19-21-23-26-29-32-36-40-44-48-52-58(63)60-56(55-61)57(62)51-47-43-39-35-14-12-10-8-6-4-2/h16-17,56-57,61-62H,3-15,18-55H2,1-2H3,(H,60,63)/b17-16-. The van der Waals surface area contributed by atoms with E-state index in [0.29, 0.717) is 25.9 Å². The summed E-state index contributed by atoms with van der Waals surface area (Å²) in [5.74, 6) is -0.0293. The van der Waals surface area contributed by atoms with Gasteiger partial charge in [-0.2, -0.15) is 0 Å². The predicted molar refractivity (Wildman–Crippen MR) is 283 cm³/mol. The Labute approximate surface area is 406 Å². The van der Waals surface area contributed by atoms with Gasteiger partial charge < -0.3 is 20.3 Å². The van der Waals surface area contributed by atoms with E-state index in [1.165, 1.54) is 250 Å². The Kier molecular flexibility index (Phi) is 54.0. The largest absolute Gasteiger partial charge is 0.466 e. The van der Waals surface area contributed by atoms with Gasteiger partial charge in [0.05, 0.1) is 25.4 Å². The Morgan fingerprint density at radius 2 is 0.723 bits per heavy atom. The van der Waals surface area contributed by atoms with E-state index in [1.54, 1.807) is 0 Å². The lowest BCUT2D eigenvalue weighted by Gasteiger charge is -2.22. The van der Waals surface area contributed by atoms with Crippen molar-refractivity contribution >= 4 is 11.9 Å². The molecule has 0 aromatic rings. The Hall–Kier alpha value is -1.40. The molecular formula is C59H115NO5. The number of unbranched alkanes of at least 4 members (excludes halogenated alkanes) is 42. The van der Waals surface area contributed by atoms with Gasteiger partial charge in [0, 0.05) is 12.8 Å². The molecule has 3 N–H and O–H groups in total. The molecule has 0 aliphatic rings. The van der Waals surface area contributed by atoms with Crippen LogP contribution in [0.4, 0.5) is 0 Å². The molecule has 0 fully saturated rings. The normalized spacial score (nSPS) is 12.6. The number of hydrogen-bond donors (Lipinski definition) is 3. The number of esters is 1. The molecule has 6 heteroatoms. The zero-order chi connectivity index (χ0) is 47.2. The van der Waals surface area contributed by atoms with E-state index in [-0.39, 0.29) is 18.5 Å². The number of carbonyl (C=O) groups excluding carboxylic acids is 2. The van der Waals surface area contributed by atoms with Crippen LogP contribution in [0.15, 0.2) is 12.2 Å². The van der Waals surface area contributed by atoms with Crippen LogP contribution in [0, 0.1) is 0 Å². The van der Waals surface area contributed by atoms with Crippen LogP contribution < -0.4 is 5.32 Å². The Balaban J connectivity index is 3.35. The number of nitrogens with one attached hydrogen (secondary N) is 1. The van der Waals surface area contributed by atoms with Crippen LogP contribution in [0.5, 0.6) is 0 Å². The predicted octanol–water partition coefficient (Wildman–Crippen LogP) is 18.1. The Morgan fingerprint density at radius 3 is 1.09 bits per heavy atom. The molecule has 0 bridgehead atoms. The summed E-state index contributed by atoms with van der Waals surface area (Å²) < 4.78 is 5.49. The molecule has 2 atom stereocenters. The highest BCUT2D eigenvalue weighted by molar-refractivity contribution is 5.76. The molecule has 0 aliphatic heterocycles. The minimum absolute atomic E-state index is 0.00904. The molecule has 386 valence electrons. The summed E-state index contributed by atoms with van der Waals surface area (Å²) in [6.45, 7) is 4.94. The highest BCUT2D eigenvalue weighted by Crippen LogP contribution is 2.17. The molecule has 0 radical (unpaired) electrons. The maximum Gasteiger partial charge on any atom is 0.305 e. The third-order valence-corrected chi connectivity index (χ3v) is 13.8. The highest BCUT2D eigenvalue weighted by atomic mass is 16.5. The highest BCUT2D eigenvalue weighted by Gasteiger charge is 2.20. The van der Waals surface area contributed by atoms with Gasteiger partial charge in [-0.25, -0.2) is 0 Å². The minimum Gasteiger partial charge on any atom is -0.466 e. The average Bonchev–Trinajstić information content (AvgIpc) is 3.31. The third-order valence-electron chi connectivity index (χ3n) is 13.8. The second-order valence-corrected chi connectivity index (χ2v) is 20.3. The van der Waals surface area contributed by atoms with Crippen LogP contribution in [0.1, 0.15) is 328 Å². The zero-order valence-electron chi connectivity index (χ0n) is 44.0. The molecule has 65 heavy (non-hydrogen) atoms. The van der Waals surface area contributed by atoms with Crippen molar-refractivity contribution in [2.45, 2.75) is 341 Å². The molecule has 0 saturated heterocycles. The number of amides is 1. The van der Waals surface area contributed by atoms with Gasteiger partial charge in [0.2, 0.25) is 5.91 Å². The molecule has 0 saturated carbocycles. The van der Waals surface area contributed by atoms with Gasteiger partial charge in [0.1, 0.15) is 0 Å². The fraction of sp³-hybridized carbons (Fsp3) is 0.932. The molecule has 0 spiro atoms. The lowest BCUT2D eigenvalue weighted by Crippen LogP contribution is -2.45. The summed E-state index contributed by atoms with van der Waals surface area (Å²) in [6, 6.07) is -0.541. The zero-order valence-corrected chi connectivity index (χ0v) is 44.0. The lowest BCUT2D eigenvalue weighted by atomic mass is 10.0. The number of allylic oxidation sites excluding steroid dienone is 2. The second-order valence-electron chi connectivity index (χ2n) is 20.3. The van der Waals surface area contributed by atoms with E-state index in [9.17, 15) is 19.8 Å². The second kappa shape index (κ2) is 55.2. The molecule has 2 unspecified atom stereocenters. The third kappa shape index (κ3) is 51.8. The lowest BCUT2D eigenvalue weighted by molar-refractivity contribution is -0.143. The van der Waals surface area contributed by atoms with Crippen LogP contribution in [0.2, 0.25) is 0 Å². The maximum absolute atomic E-state index is 12.4. The van der Waals surface area contributed by atoms with Gasteiger partial charge >= 0.3 is 5.97 Å². The molecule has 0 aliphatic carbocycles. The van der Waals surface area contributed by atoms with Crippen LogP contribution in [0.3, 0.4) is 0 Å². The van der Waals surface area contributed by atoms with Crippen molar-refractivity contribution in [2.75, 3.05) is 13.2 Å². The van der Waals surface area contributed by atoms with Gasteiger partial charge in [-0.1, -0.05) is 276 Å². The van der Waals surface area contributed by atoms with Crippen molar-refractivity contribution in [3.05, 3.63) is 12.2 Å². The van der Waals surface area contributed by atoms with Gasteiger partial charge in [-0.05, 0) is 51.4 Å². The molecule has 0 rings (SSSR count). The number of rotatable bonds is 55. The summed E-state index contributed by atoms with van der Waals surface area (Å²) >= 11 is 0. The van der Waals surface area contributed by atoms with E-state index in [0.717, 1.165) is 44.9 Å². The van der Waals surface area contributed by atoms with Crippen LogP contribution >= 0.6 is 0 Å². The Morgan fingerprint density at radius 1 is 0.415 bits per heavy atom. The first-order chi connectivity index (χ1) is 32.0. The summed E-state index contributed by atoms with van der Waals surface area (Å²) in [6.07, 6.45) is 65.0. The van der Waals surface area contributed by atoms with Crippen molar-refractivity contribution in [2.24, 2.45) is 0 Å². The smallest absolute Gasteiger partial charge is 0.305 e. The van der Waals surface area contributed by atoms with E-state index < -0.39 is 12.1 Å². The monoisotopic (exact) mass is 918 g/mol. The Bertz CT molecular complexity index is 970. The fourth-order valence-electron chi connectivity index (χ4n) is 9.28. The van der Waals surface area contributed by atoms with Gasteiger partial charge in [0.15, 0.2) is 0 Å². The fourth-order valence-corrected chi connectivity index (χ4v) is 9.28. The average molecular weight is 919 g/mol. The van der Waals surface area contributed by atoms with Crippen LogP contribution in [0.25, 0.3) is 0 Å². The van der Waals surface area contributed by atoms with Gasteiger partial charge in [-0.3, -0.25) is 9.59 Å². The van der Waals surface area contributed by atoms with E-state index in [1.807, 2.05) is 0 Å². The summed E-state index contributed by atoms with van der Waals surface area (Å²) in [5.41, 5.74) is 0. The number of aliphatic hydroxyl groups excluding tert-OH is 2. The SMILES string of the molecule is CCCCCCCC/C=C\CCCCCCCCCCCC(=O)OCCCCCCCCCCCCCCCCCCCCCC(=O)NC(CO)C(O)CCCCCCCCCCCC. The topological polar surface area (TPSA) is 95.9 Å². The van der Waals surface area contributed by atoms with Gasteiger partial charge in [0.25, 0.3) is 0 Å². The number of ether oxygens (including phenoxy) is 1. The van der Waals surface area contributed by atoms with Crippen molar-refractivity contribution in [1.29, 1.82) is 0 Å². The quantitative estimate of drug-likeness (QED) is 0.0321. The van der Waals surface area contributed by atoms with Crippen LogP contribution in [-0.4, -0.2) is 47.4 Å². The van der Waals surface area contributed by atoms with Crippen molar-refractivity contribution < 1.29 is 24.5 Å². The maximum atomic E-state index is 12.4. The molecular weight excluding hydrogens is 803 g/mol. The van der Waals surface area contributed by atoms with Gasteiger partial charge in [-0.15, -0.1) is 0 Å². The van der Waals surface area contributed by atoms with E-state index >= 15 is 0 Å². The first-order valence-corrected chi connectivity index (χ1v) is 29.4. The van der Waals surface area contributed by atoms with E-state index in [2.05, 4.69) is 31.3 Å². The van der Waals surface area contributed by atoms with E-state index in [4.69, 9.17) is 4.74 Å². The van der Waals surface area contributed by atoms with Crippen molar-refractivity contribution in [3.8, 4) is 0 Å². The molecule has 0 aromatic heterocycles. The first kappa shape index (κ1) is 63.6. The van der Waals surface area contributed by atoms with Crippen molar-refractivity contribution in [3.63, 3.8) is 0 Å². The van der Waals surface area contributed by atoms with Crippen LogP contribution in [-0.2, 0) is 14.3 Å². The molecule has 6 nitrogen and oxygen atoms in total. The minimum atomic E-state index is -0.663. The summed E-state index contributed by atoms with van der Waals surface area (Å²) in [4.78, 5) is 24.5. The molecule has 1 amide bonds. The number of hydrogen-bond acceptors (Lipinski definition) is 5. The number of aliphatic hydroxyl groups is 2. The summed E-state index contributed by atoms with van der Waals surface area (Å²) in [7, 11) is 0.